The van der Waals surface area contributed by atoms with Crippen molar-refractivity contribution in [1.82, 2.24) is 20.1 Å². The number of nitrogens with two attached hydrogens (primary N) is 1. The number of thiazole rings is 1. The molecule has 3 heterocycles. The lowest BCUT2D eigenvalue weighted by molar-refractivity contribution is 0.0889. The molecule has 0 spiro atoms. The molecule has 126 valence electrons. The van der Waals surface area contributed by atoms with Gasteiger partial charge in [-0.1, -0.05) is 0 Å². The van der Waals surface area contributed by atoms with Crippen molar-refractivity contribution in [2.75, 3.05) is 26.7 Å². The summed E-state index contributed by atoms with van der Waals surface area (Å²) >= 11 is 1.43. The standard InChI is InChI=1S/C14H21N5O3S/c1-18-4-2-10-11(7-18)23-13(17-10)12(20)16-9-3-5-19(14(21)22)6-8(9)15/h8-9H,2-7,15H2,1H3,(H,16,20)(H,21,22). The van der Waals surface area contributed by atoms with E-state index in [1.54, 1.807) is 0 Å². The monoisotopic (exact) mass is 339 g/mol. The second kappa shape index (κ2) is 6.42. The first-order valence-corrected chi connectivity index (χ1v) is 8.47. The highest BCUT2D eigenvalue weighted by atomic mass is 32.1. The Balaban J connectivity index is 1.62. The summed E-state index contributed by atoms with van der Waals surface area (Å²) in [5.74, 6) is -0.212. The van der Waals surface area contributed by atoms with Crippen LogP contribution in [0.1, 0.15) is 26.8 Å². The van der Waals surface area contributed by atoms with E-state index in [1.165, 1.54) is 16.2 Å². The molecule has 1 aromatic rings. The minimum absolute atomic E-state index is 0.212. The van der Waals surface area contributed by atoms with E-state index >= 15 is 0 Å². The summed E-state index contributed by atoms with van der Waals surface area (Å²) in [6, 6.07) is -0.619. The molecule has 2 aliphatic rings. The van der Waals surface area contributed by atoms with Crippen LogP contribution in [0.5, 0.6) is 0 Å². The molecule has 1 saturated heterocycles. The Bertz CT molecular complexity index is 620. The highest BCUT2D eigenvalue weighted by Gasteiger charge is 2.31. The fraction of sp³-hybridized carbons (Fsp3) is 0.643. The fourth-order valence-corrected chi connectivity index (χ4v) is 4.08. The Morgan fingerprint density at radius 1 is 1.43 bits per heavy atom. The normalized spacial score (nSPS) is 25.0. The van der Waals surface area contributed by atoms with E-state index in [1.807, 2.05) is 0 Å². The van der Waals surface area contributed by atoms with E-state index in [-0.39, 0.29) is 18.5 Å². The number of aromatic nitrogens is 1. The summed E-state index contributed by atoms with van der Waals surface area (Å²) in [5, 5.41) is 12.4. The van der Waals surface area contributed by atoms with Gasteiger partial charge in [-0.25, -0.2) is 9.78 Å². The van der Waals surface area contributed by atoms with Crippen molar-refractivity contribution >= 4 is 23.3 Å². The number of nitrogens with zero attached hydrogens (tertiary/aromatic N) is 3. The zero-order chi connectivity index (χ0) is 16.6. The Labute approximate surface area is 138 Å². The highest BCUT2D eigenvalue weighted by molar-refractivity contribution is 7.13. The molecule has 2 amide bonds. The maximum atomic E-state index is 12.4. The largest absolute Gasteiger partial charge is 0.465 e. The van der Waals surface area contributed by atoms with E-state index in [2.05, 4.69) is 22.2 Å². The van der Waals surface area contributed by atoms with Crippen LogP contribution >= 0.6 is 11.3 Å². The first kappa shape index (κ1) is 16.2. The van der Waals surface area contributed by atoms with Gasteiger partial charge in [0, 0.05) is 49.6 Å². The van der Waals surface area contributed by atoms with Gasteiger partial charge in [0.2, 0.25) is 0 Å². The van der Waals surface area contributed by atoms with Crippen molar-refractivity contribution in [3.05, 3.63) is 15.6 Å². The van der Waals surface area contributed by atoms with Gasteiger partial charge in [0.25, 0.3) is 5.91 Å². The third kappa shape index (κ3) is 3.46. The van der Waals surface area contributed by atoms with Crippen LogP contribution in [-0.4, -0.2) is 70.7 Å². The number of carbonyl (C=O) groups excluding carboxylic acids is 1. The number of amides is 2. The number of hydrogen-bond acceptors (Lipinski definition) is 6. The number of hydrogen-bond donors (Lipinski definition) is 3. The molecule has 23 heavy (non-hydrogen) atoms. The lowest BCUT2D eigenvalue weighted by Crippen LogP contribution is -2.58. The summed E-state index contributed by atoms with van der Waals surface area (Å²) in [6.07, 6.45) is 0.418. The van der Waals surface area contributed by atoms with Crippen LogP contribution in [-0.2, 0) is 13.0 Å². The average molecular weight is 339 g/mol. The van der Waals surface area contributed by atoms with Gasteiger partial charge in [-0.15, -0.1) is 11.3 Å². The zero-order valence-electron chi connectivity index (χ0n) is 13.0. The Hall–Kier alpha value is -1.71. The molecule has 2 unspecified atom stereocenters. The molecule has 0 aliphatic carbocycles. The van der Waals surface area contributed by atoms with Crippen LogP contribution in [0.4, 0.5) is 4.79 Å². The molecule has 2 atom stereocenters. The molecule has 3 rings (SSSR count). The molecule has 0 radical (unpaired) electrons. The van der Waals surface area contributed by atoms with Crippen molar-refractivity contribution in [3.8, 4) is 0 Å². The second-order valence-corrected chi connectivity index (χ2v) is 7.22. The van der Waals surface area contributed by atoms with Crippen LogP contribution in [0.2, 0.25) is 0 Å². The lowest BCUT2D eigenvalue weighted by Gasteiger charge is -2.35. The quantitative estimate of drug-likeness (QED) is 0.696. The number of likely N-dealkylation sites (N-methyl/N-ethyl adjacent to an activating group) is 1. The van der Waals surface area contributed by atoms with E-state index in [9.17, 15) is 9.59 Å². The SMILES string of the molecule is CN1CCc2nc(C(=O)NC3CCN(C(=O)O)CC3N)sc2C1. The van der Waals surface area contributed by atoms with Crippen LogP contribution < -0.4 is 11.1 Å². The molecule has 9 heteroatoms. The number of piperidine rings is 1. The van der Waals surface area contributed by atoms with Gasteiger partial charge in [-0.05, 0) is 13.5 Å². The smallest absolute Gasteiger partial charge is 0.407 e. The molecule has 0 bridgehead atoms. The van der Waals surface area contributed by atoms with Gasteiger partial charge in [0.05, 0.1) is 5.69 Å². The summed E-state index contributed by atoms with van der Waals surface area (Å²) < 4.78 is 0. The minimum Gasteiger partial charge on any atom is -0.465 e. The first-order chi connectivity index (χ1) is 10.9. The summed E-state index contributed by atoms with van der Waals surface area (Å²) in [4.78, 5) is 32.5. The van der Waals surface area contributed by atoms with Crippen LogP contribution in [0, 0.1) is 0 Å². The van der Waals surface area contributed by atoms with Gasteiger partial charge in [0.1, 0.15) is 0 Å². The molecule has 0 saturated carbocycles. The highest BCUT2D eigenvalue weighted by Crippen LogP contribution is 2.24. The summed E-state index contributed by atoms with van der Waals surface area (Å²) in [5.41, 5.74) is 7.02. The minimum atomic E-state index is -0.970. The van der Waals surface area contributed by atoms with Gasteiger partial charge < -0.3 is 26.0 Å². The fourth-order valence-electron chi connectivity index (χ4n) is 2.99. The molecular formula is C14H21N5O3S. The molecule has 4 N–H and O–H groups in total. The topological polar surface area (TPSA) is 112 Å². The first-order valence-electron chi connectivity index (χ1n) is 7.65. The Kier molecular flexibility index (Phi) is 4.51. The van der Waals surface area contributed by atoms with Crippen molar-refractivity contribution < 1.29 is 14.7 Å². The van der Waals surface area contributed by atoms with E-state index in [0.717, 1.165) is 30.1 Å². The van der Waals surface area contributed by atoms with Crippen LogP contribution in [0.15, 0.2) is 0 Å². The number of likely N-dealkylation sites (tertiary alicyclic amines) is 1. The van der Waals surface area contributed by atoms with Gasteiger partial charge in [0.15, 0.2) is 5.01 Å². The van der Waals surface area contributed by atoms with E-state index in [4.69, 9.17) is 10.8 Å². The van der Waals surface area contributed by atoms with Gasteiger partial charge in [-0.3, -0.25) is 4.79 Å². The van der Waals surface area contributed by atoms with Crippen molar-refractivity contribution in [2.45, 2.75) is 31.5 Å². The number of nitrogens with one attached hydrogen (secondary N) is 1. The predicted octanol–water partition coefficient (Wildman–Crippen LogP) is -0.0596. The average Bonchev–Trinajstić information content (AvgIpc) is 2.92. The number of carbonyl (C=O) groups is 2. The Morgan fingerprint density at radius 3 is 2.91 bits per heavy atom. The third-order valence-corrected chi connectivity index (χ3v) is 5.44. The van der Waals surface area contributed by atoms with Gasteiger partial charge in [-0.2, -0.15) is 0 Å². The maximum absolute atomic E-state index is 12.4. The number of rotatable bonds is 2. The molecule has 8 nitrogen and oxygen atoms in total. The summed E-state index contributed by atoms with van der Waals surface area (Å²) in [6.45, 7) is 2.40. The molecular weight excluding hydrogens is 318 g/mol. The number of fused-ring (bicyclic) bond motifs is 1. The second-order valence-electron chi connectivity index (χ2n) is 6.14. The van der Waals surface area contributed by atoms with Crippen molar-refractivity contribution in [1.29, 1.82) is 0 Å². The maximum Gasteiger partial charge on any atom is 0.407 e. The van der Waals surface area contributed by atoms with Crippen LogP contribution in [0.3, 0.4) is 0 Å². The number of carboxylic acid groups (broad SMARTS) is 1. The predicted molar refractivity (Wildman–Crippen MR) is 85.6 cm³/mol. The van der Waals surface area contributed by atoms with Crippen molar-refractivity contribution in [2.24, 2.45) is 5.73 Å². The molecule has 1 fully saturated rings. The van der Waals surface area contributed by atoms with Gasteiger partial charge >= 0.3 is 6.09 Å². The molecule has 2 aliphatic heterocycles. The van der Waals surface area contributed by atoms with E-state index < -0.39 is 12.1 Å². The Morgan fingerprint density at radius 2 is 2.22 bits per heavy atom. The lowest BCUT2D eigenvalue weighted by atomic mass is 10.0. The third-order valence-electron chi connectivity index (χ3n) is 4.36. The van der Waals surface area contributed by atoms with Crippen molar-refractivity contribution in [3.63, 3.8) is 0 Å². The zero-order valence-corrected chi connectivity index (χ0v) is 13.8. The van der Waals surface area contributed by atoms with Crippen LogP contribution in [0.25, 0.3) is 0 Å². The molecule has 0 aromatic carbocycles. The molecule has 1 aromatic heterocycles. The van der Waals surface area contributed by atoms with E-state index in [0.29, 0.717) is 18.0 Å². The summed E-state index contributed by atoms with van der Waals surface area (Å²) in [7, 11) is 2.05.